The molecule has 3 rings (SSSR count). The van der Waals surface area contributed by atoms with Crippen LogP contribution in [0.3, 0.4) is 0 Å². The van der Waals surface area contributed by atoms with Crippen LogP contribution in [-0.2, 0) is 16.7 Å². The summed E-state index contributed by atoms with van der Waals surface area (Å²) in [4.78, 5) is 14.3. The number of benzene rings is 1. The Kier molecular flexibility index (Phi) is 4.62. The zero-order chi connectivity index (χ0) is 17.2. The van der Waals surface area contributed by atoms with Crippen molar-refractivity contribution in [1.29, 1.82) is 0 Å². The molecule has 7 heteroatoms. The lowest BCUT2D eigenvalue weighted by atomic mass is 10.2. The van der Waals surface area contributed by atoms with Gasteiger partial charge in [0.25, 0.3) is 5.91 Å². The summed E-state index contributed by atoms with van der Waals surface area (Å²) in [5.74, 6) is 0.230. The van der Waals surface area contributed by atoms with Crippen molar-refractivity contribution in [2.75, 3.05) is 5.75 Å². The average molecular weight is 349 g/mol. The van der Waals surface area contributed by atoms with Crippen LogP contribution in [0.4, 0.5) is 0 Å². The molecule has 1 saturated carbocycles. The quantitative estimate of drug-likeness (QED) is 0.718. The largest absolute Gasteiger partial charge is 0.459 e. The fourth-order valence-electron chi connectivity index (χ4n) is 2.39. The van der Waals surface area contributed by atoms with Gasteiger partial charge in [-0.25, -0.2) is 0 Å². The van der Waals surface area contributed by atoms with E-state index in [9.17, 15) is 13.2 Å². The molecule has 0 spiro atoms. The van der Waals surface area contributed by atoms with Crippen LogP contribution < -0.4 is 4.18 Å². The second-order valence-corrected chi connectivity index (χ2v) is 7.54. The minimum atomic E-state index is -3.62. The van der Waals surface area contributed by atoms with Crippen molar-refractivity contribution in [3.05, 3.63) is 54.0 Å². The van der Waals surface area contributed by atoms with Gasteiger partial charge in [0, 0.05) is 11.6 Å². The molecule has 1 aromatic heterocycles. The minimum Gasteiger partial charge on any atom is -0.459 e. The van der Waals surface area contributed by atoms with Gasteiger partial charge in [0.15, 0.2) is 5.76 Å². The number of furan rings is 1. The van der Waals surface area contributed by atoms with E-state index in [0.29, 0.717) is 5.56 Å². The Hall–Kier alpha value is -2.28. The lowest BCUT2D eigenvalue weighted by Gasteiger charge is -2.22. The Morgan fingerprint density at radius 1 is 1.25 bits per heavy atom. The maximum atomic E-state index is 12.6. The van der Waals surface area contributed by atoms with E-state index in [-0.39, 0.29) is 35.8 Å². The first-order chi connectivity index (χ1) is 11.5. The van der Waals surface area contributed by atoms with E-state index in [4.69, 9.17) is 8.60 Å². The Labute approximate surface area is 141 Å². The third-order valence-corrected chi connectivity index (χ3v) is 5.00. The zero-order valence-electron chi connectivity index (χ0n) is 13.3. The average Bonchev–Trinajstić information content (AvgIpc) is 3.26. The smallest absolute Gasteiger partial charge is 0.308 e. The van der Waals surface area contributed by atoms with Gasteiger partial charge in [-0.1, -0.05) is 18.2 Å². The normalized spacial score (nSPS) is 14.4. The summed E-state index contributed by atoms with van der Waals surface area (Å²) in [6.45, 7) is 1.80. The molecule has 0 atom stereocenters. The molecule has 1 heterocycles. The molecule has 24 heavy (non-hydrogen) atoms. The summed E-state index contributed by atoms with van der Waals surface area (Å²) in [5.41, 5.74) is 0.654. The number of nitrogens with zero attached hydrogens (tertiary/aromatic N) is 1. The van der Waals surface area contributed by atoms with E-state index in [1.807, 2.05) is 0 Å². The number of carbonyl (C=O) groups excluding carboxylic acids is 1. The SMILES string of the molecule is CCS(=O)(=O)Oc1ccccc1CN(C(=O)c1ccco1)C1CC1. The van der Waals surface area contributed by atoms with Gasteiger partial charge in [0.05, 0.1) is 18.6 Å². The van der Waals surface area contributed by atoms with Crippen molar-refractivity contribution in [1.82, 2.24) is 4.90 Å². The van der Waals surface area contributed by atoms with Crippen molar-refractivity contribution in [3.63, 3.8) is 0 Å². The van der Waals surface area contributed by atoms with Crippen molar-refractivity contribution < 1.29 is 21.8 Å². The van der Waals surface area contributed by atoms with Crippen molar-refractivity contribution >= 4 is 16.0 Å². The van der Waals surface area contributed by atoms with Gasteiger partial charge in [-0.3, -0.25) is 4.79 Å². The molecule has 6 nitrogen and oxygen atoms in total. The number of carbonyl (C=O) groups is 1. The van der Waals surface area contributed by atoms with Crippen LogP contribution >= 0.6 is 0 Å². The molecule has 1 aromatic carbocycles. The first-order valence-corrected chi connectivity index (χ1v) is 9.42. The standard InChI is InChI=1S/C17H19NO5S/c1-2-24(20,21)23-15-7-4-3-6-13(15)12-18(14-9-10-14)17(19)16-8-5-11-22-16/h3-8,11,14H,2,9-10,12H2,1H3. The molecule has 0 saturated heterocycles. The topological polar surface area (TPSA) is 76.8 Å². The van der Waals surface area contributed by atoms with Gasteiger partial charge >= 0.3 is 10.1 Å². The van der Waals surface area contributed by atoms with E-state index < -0.39 is 10.1 Å². The molecule has 1 fully saturated rings. The molecule has 0 radical (unpaired) electrons. The maximum Gasteiger partial charge on any atom is 0.308 e. The van der Waals surface area contributed by atoms with Crippen LogP contribution in [0.5, 0.6) is 5.75 Å². The van der Waals surface area contributed by atoms with Crippen LogP contribution in [0, 0.1) is 0 Å². The summed E-state index contributed by atoms with van der Waals surface area (Å²) in [7, 11) is -3.62. The number of amides is 1. The molecule has 0 unspecified atom stereocenters. The van der Waals surface area contributed by atoms with E-state index in [1.54, 1.807) is 41.3 Å². The highest BCUT2D eigenvalue weighted by Gasteiger charge is 2.34. The lowest BCUT2D eigenvalue weighted by Crippen LogP contribution is -2.32. The predicted octanol–water partition coefficient (Wildman–Crippen LogP) is 2.81. The fourth-order valence-corrected chi connectivity index (χ4v) is 2.94. The van der Waals surface area contributed by atoms with Crippen LogP contribution in [0.2, 0.25) is 0 Å². The van der Waals surface area contributed by atoms with Gasteiger partial charge in [-0.15, -0.1) is 0 Å². The number of para-hydroxylation sites is 1. The molecular weight excluding hydrogens is 330 g/mol. The Morgan fingerprint density at radius 2 is 2.00 bits per heavy atom. The summed E-state index contributed by atoms with van der Waals surface area (Å²) in [5, 5.41) is 0. The summed E-state index contributed by atoms with van der Waals surface area (Å²) >= 11 is 0. The monoisotopic (exact) mass is 349 g/mol. The third-order valence-electron chi connectivity index (χ3n) is 3.86. The minimum absolute atomic E-state index is 0.112. The molecule has 0 bridgehead atoms. The van der Waals surface area contributed by atoms with Crippen LogP contribution in [0.1, 0.15) is 35.9 Å². The number of rotatable bonds is 7. The lowest BCUT2D eigenvalue weighted by molar-refractivity contribution is 0.0697. The Morgan fingerprint density at radius 3 is 2.62 bits per heavy atom. The molecule has 1 amide bonds. The van der Waals surface area contributed by atoms with Crippen LogP contribution in [-0.4, -0.2) is 31.0 Å². The molecular formula is C17H19NO5S. The highest BCUT2D eigenvalue weighted by Crippen LogP contribution is 2.32. The van der Waals surface area contributed by atoms with Gasteiger partial charge in [0.2, 0.25) is 0 Å². The zero-order valence-corrected chi connectivity index (χ0v) is 14.2. The Balaban J connectivity index is 1.84. The molecule has 0 aliphatic heterocycles. The summed E-state index contributed by atoms with van der Waals surface area (Å²) in [6, 6.07) is 10.3. The molecule has 128 valence electrons. The van der Waals surface area contributed by atoms with E-state index in [2.05, 4.69) is 0 Å². The molecule has 1 aliphatic rings. The first-order valence-electron chi connectivity index (χ1n) is 7.84. The number of hydrogen-bond donors (Lipinski definition) is 0. The van der Waals surface area contributed by atoms with E-state index >= 15 is 0 Å². The first kappa shape index (κ1) is 16.6. The van der Waals surface area contributed by atoms with E-state index in [1.165, 1.54) is 13.2 Å². The van der Waals surface area contributed by atoms with E-state index in [0.717, 1.165) is 12.8 Å². The highest BCUT2D eigenvalue weighted by atomic mass is 32.2. The fraction of sp³-hybridized carbons (Fsp3) is 0.353. The van der Waals surface area contributed by atoms with Gasteiger partial charge in [0.1, 0.15) is 5.75 Å². The predicted molar refractivity (Wildman–Crippen MR) is 88.1 cm³/mol. The Bertz CT molecular complexity index is 809. The van der Waals surface area contributed by atoms with Gasteiger partial charge < -0.3 is 13.5 Å². The van der Waals surface area contributed by atoms with Crippen molar-refractivity contribution in [2.24, 2.45) is 0 Å². The summed E-state index contributed by atoms with van der Waals surface area (Å²) < 4.78 is 33.9. The van der Waals surface area contributed by atoms with Gasteiger partial charge in [-0.05, 0) is 38.0 Å². The number of hydrogen-bond acceptors (Lipinski definition) is 5. The second-order valence-electron chi connectivity index (χ2n) is 5.68. The molecule has 2 aromatic rings. The van der Waals surface area contributed by atoms with Gasteiger partial charge in [-0.2, -0.15) is 8.42 Å². The second kappa shape index (κ2) is 6.68. The third kappa shape index (κ3) is 3.79. The summed E-state index contributed by atoms with van der Waals surface area (Å²) in [6.07, 6.45) is 3.33. The highest BCUT2D eigenvalue weighted by molar-refractivity contribution is 7.87. The van der Waals surface area contributed by atoms with Crippen LogP contribution in [0.15, 0.2) is 47.1 Å². The maximum absolute atomic E-state index is 12.6. The van der Waals surface area contributed by atoms with Crippen LogP contribution in [0.25, 0.3) is 0 Å². The molecule has 1 aliphatic carbocycles. The molecule has 0 N–H and O–H groups in total. The van der Waals surface area contributed by atoms with Crippen molar-refractivity contribution in [3.8, 4) is 5.75 Å². The van der Waals surface area contributed by atoms with Crippen molar-refractivity contribution in [2.45, 2.75) is 32.4 Å².